The second-order valence-electron chi connectivity index (χ2n) is 5.70. The minimum atomic E-state index is -0.135. The molecule has 2 aromatic heterocycles. The number of fused-ring (bicyclic) bond motifs is 1. The SMILES string of the molecule is C[C@@H]1OCc2c1nc(N)c(C#N)c2-c1ccccc1-c1ccco1. The smallest absolute Gasteiger partial charge is 0.142 e. The third kappa shape index (κ3) is 2.08. The molecule has 0 spiro atoms. The summed E-state index contributed by atoms with van der Waals surface area (Å²) in [6, 6.07) is 13.8. The van der Waals surface area contributed by atoms with Crippen LogP contribution in [0.4, 0.5) is 5.82 Å². The highest BCUT2D eigenvalue weighted by Gasteiger charge is 2.29. The van der Waals surface area contributed by atoms with Crippen molar-refractivity contribution in [3.8, 4) is 28.5 Å². The van der Waals surface area contributed by atoms with Crippen molar-refractivity contribution in [1.82, 2.24) is 4.98 Å². The minimum Gasteiger partial charge on any atom is -0.464 e. The minimum absolute atomic E-state index is 0.135. The number of nitrogen functional groups attached to an aromatic ring is 1. The van der Waals surface area contributed by atoms with Gasteiger partial charge in [-0.25, -0.2) is 4.98 Å². The van der Waals surface area contributed by atoms with E-state index in [0.717, 1.165) is 33.7 Å². The molecule has 5 nitrogen and oxygen atoms in total. The van der Waals surface area contributed by atoms with Gasteiger partial charge in [0.15, 0.2) is 0 Å². The molecular formula is C19H15N3O2. The van der Waals surface area contributed by atoms with Crippen molar-refractivity contribution in [2.24, 2.45) is 0 Å². The van der Waals surface area contributed by atoms with Crippen LogP contribution in [0.15, 0.2) is 47.1 Å². The Morgan fingerprint density at radius 2 is 2.00 bits per heavy atom. The maximum absolute atomic E-state index is 9.64. The number of rotatable bonds is 2. The van der Waals surface area contributed by atoms with Crippen LogP contribution in [0.2, 0.25) is 0 Å². The zero-order valence-electron chi connectivity index (χ0n) is 13.1. The van der Waals surface area contributed by atoms with Gasteiger partial charge in [0.25, 0.3) is 0 Å². The molecule has 0 fully saturated rings. The van der Waals surface area contributed by atoms with E-state index in [-0.39, 0.29) is 11.9 Å². The summed E-state index contributed by atoms with van der Waals surface area (Å²) in [6.07, 6.45) is 1.50. The molecule has 4 rings (SSSR count). The van der Waals surface area contributed by atoms with Crippen molar-refractivity contribution in [1.29, 1.82) is 5.26 Å². The summed E-state index contributed by atoms with van der Waals surface area (Å²) in [5.41, 5.74) is 10.8. The molecule has 0 radical (unpaired) electrons. The number of nitrogens with two attached hydrogens (primary N) is 1. The number of anilines is 1. The van der Waals surface area contributed by atoms with Gasteiger partial charge in [0.05, 0.1) is 24.7 Å². The average Bonchev–Trinajstić information content (AvgIpc) is 3.25. The van der Waals surface area contributed by atoms with Crippen LogP contribution in [0.25, 0.3) is 22.5 Å². The second kappa shape index (κ2) is 5.52. The van der Waals surface area contributed by atoms with Crippen molar-refractivity contribution < 1.29 is 9.15 Å². The number of nitriles is 1. The van der Waals surface area contributed by atoms with Crippen molar-refractivity contribution in [2.75, 3.05) is 5.73 Å². The zero-order valence-corrected chi connectivity index (χ0v) is 13.1. The normalized spacial score (nSPS) is 15.9. The lowest BCUT2D eigenvalue weighted by molar-refractivity contribution is 0.0780. The fourth-order valence-corrected chi connectivity index (χ4v) is 3.19. The summed E-state index contributed by atoms with van der Waals surface area (Å²) in [7, 11) is 0. The van der Waals surface area contributed by atoms with Gasteiger partial charge in [0.1, 0.15) is 23.2 Å². The molecule has 1 atom stereocenters. The molecule has 1 aliphatic heterocycles. The monoisotopic (exact) mass is 317 g/mol. The van der Waals surface area contributed by atoms with Gasteiger partial charge in [-0.15, -0.1) is 0 Å². The van der Waals surface area contributed by atoms with E-state index in [1.165, 1.54) is 0 Å². The van der Waals surface area contributed by atoms with Crippen LogP contribution in [-0.4, -0.2) is 4.98 Å². The summed E-state index contributed by atoms with van der Waals surface area (Å²) < 4.78 is 11.3. The van der Waals surface area contributed by atoms with E-state index in [2.05, 4.69) is 11.1 Å². The third-order valence-electron chi connectivity index (χ3n) is 4.32. The lowest BCUT2D eigenvalue weighted by Crippen LogP contribution is -2.05. The van der Waals surface area contributed by atoms with Gasteiger partial charge in [0.2, 0.25) is 0 Å². The Morgan fingerprint density at radius 1 is 1.21 bits per heavy atom. The average molecular weight is 317 g/mol. The number of furan rings is 1. The molecule has 118 valence electrons. The number of nitrogens with zero attached hydrogens (tertiary/aromatic N) is 2. The first kappa shape index (κ1) is 14.5. The first-order valence-electron chi connectivity index (χ1n) is 7.68. The molecule has 1 aliphatic rings. The Hall–Kier alpha value is -3.10. The number of hydrogen-bond donors (Lipinski definition) is 1. The predicted octanol–water partition coefficient (Wildman–Crippen LogP) is 4.05. The van der Waals surface area contributed by atoms with Crippen molar-refractivity contribution >= 4 is 5.82 Å². The Balaban J connectivity index is 2.06. The highest BCUT2D eigenvalue weighted by atomic mass is 16.5. The number of hydrogen-bond acceptors (Lipinski definition) is 5. The van der Waals surface area contributed by atoms with E-state index < -0.39 is 0 Å². The molecule has 0 unspecified atom stereocenters. The Bertz CT molecular complexity index is 955. The lowest BCUT2D eigenvalue weighted by atomic mass is 9.90. The Labute approximate surface area is 139 Å². The first-order chi connectivity index (χ1) is 11.7. The number of pyridine rings is 1. The molecule has 5 heteroatoms. The third-order valence-corrected chi connectivity index (χ3v) is 4.32. The number of aromatic nitrogens is 1. The zero-order chi connectivity index (χ0) is 16.7. The molecule has 3 aromatic rings. The fourth-order valence-electron chi connectivity index (χ4n) is 3.19. The molecular weight excluding hydrogens is 302 g/mol. The van der Waals surface area contributed by atoms with Crippen LogP contribution in [0.5, 0.6) is 0 Å². The summed E-state index contributed by atoms with van der Waals surface area (Å²) in [5.74, 6) is 0.975. The van der Waals surface area contributed by atoms with E-state index in [0.29, 0.717) is 12.2 Å². The van der Waals surface area contributed by atoms with Gasteiger partial charge in [0, 0.05) is 16.7 Å². The van der Waals surface area contributed by atoms with Crippen LogP contribution in [0, 0.1) is 11.3 Å². The van der Waals surface area contributed by atoms with Crippen molar-refractivity contribution in [2.45, 2.75) is 19.6 Å². The molecule has 0 saturated heterocycles. The summed E-state index contributed by atoms with van der Waals surface area (Å²) >= 11 is 0. The van der Waals surface area contributed by atoms with Crippen LogP contribution in [0.3, 0.4) is 0 Å². The van der Waals surface area contributed by atoms with Crippen LogP contribution < -0.4 is 5.73 Å². The van der Waals surface area contributed by atoms with Gasteiger partial charge in [-0.2, -0.15) is 5.26 Å². The van der Waals surface area contributed by atoms with E-state index in [1.54, 1.807) is 6.26 Å². The molecule has 0 bridgehead atoms. The van der Waals surface area contributed by atoms with Crippen LogP contribution in [-0.2, 0) is 11.3 Å². The topological polar surface area (TPSA) is 85.1 Å². The van der Waals surface area contributed by atoms with E-state index >= 15 is 0 Å². The second-order valence-corrected chi connectivity index (χ2v) is 5.70. The molecule has 2 N–H and O–H groups in total. The van der Waals surface area contributed by atoms with Gasteiger partial charge in [-0.1, -0.05) is 24.3 Å². The lowest BCUT2D eigenvalue weighted by Gasteiger charge is -2.15. The first-order valence-corrected chi connectivity index (χ1v) is 7.68. The fraction of sp³-hybridized carbons (Fsp3) is 0.158. The summed E-state index contributed by atoms with van der Waals surface area (Å²) in [6.45, 7) is 2.35. The molecule has 24 heavy (non-hydrogen) atoms. The van der Waals surface area contributed by atoms with Crippen LogP contribution in [0.1, 0.15) is 29.8 Å². The predicted molar refractivity (Wildman–Crippen MR) is 89.7 cm³/mol. The van der Waals surface area contributed by atoms with Gasteiger partial charge >= 0.3 is 0 Å². The molecule has 3 heterocycles. The Kier molecular flexibility index (Phi) is 3.33. The summed E-state index contributed by atoms with van der Waals surface area (Å²) in [5, 5.41) is 9.64. The quantitative estimate of drug-likeness (QED) is 0.770. The van der Waals surface area contributed by atoms with Crippen molar-refractivity contribution in [3.63, 3.8) is 0 Å². The largest absolute Gasteiger partial charge is 0.464 e. The molecule has 0 saturated carbocycles. The van der Waals surface area contributed by atoms with Gasteiger partial charge in [-0.3, -0.25) is 0 Å². The highest BCUT2D eigenvalue weighted by Crippen LogP contribution is 2.43. The molecule has 1 aromatic carbocycles. The highest BCUT2D eigenvalue weighted by molar-refractivity contribution is 5.88. The van der Waals surface area contributed by atoms with Crippen molar-refractivity contribution in [3.05, 3.63) is 59.5 Å². The standard InChI is InChI=1S/C19H15N3O2/c1-11-18-15(10-24-11)17(14(9-20)19(21)22-18)13-6-3-2-5-12(13)16-7-4-8-23-16/h2-8,11H,10H2,1H3,(H2,21,22)/t11-/m0/s1. The van der Waals surface area contributed by atoms with E-state index in [9.17, 15) is 5.26 Å². The maximum Gasteiger partial charge on any atom is 0.142 e. The maximum atomic E-state index is 9.64. The van der Waals surface area contributed by atoms with Gasteiger partial charge < -0.3 is 14.9 Å². The molecule has 0 amide bonds. The Morgan fingerprint density at radius 3 is 2.71 bits per heavy atom. The summed E-state index contributed by atoms with van der Waals surface area (Å²) in [4.78, 5) is 4.39. The number of benzene rings is 1. The molecule has 0 aliphatic carbocycles. The van der Waals surface area contributed by atoms with Gasteiger partial charge in [-0.05, 0) is 24.6 Å². The van der Waals surface area contributed by atoms with E-state index in [4.69, 9.17) is 14.9 Å². The van der Waals surface area contributed by atoms with E-state index in [1.807, 2.05) is 43.3 Å². The number of ether oxygens (including phenoxy) is 1. The van der Waals surface area contributed by atoms with Crippen LogP contribution >= 0.6 is 0 Å².